The van der Waals surface area contributed by atoms with Crippen molar-refractivity contribution < 1.29 is 14.5 Å². The molecule has 0 atom stereocenters. The fourth-order valence-corrected chi connectivity index (χ4v) is 2.63. The summed E-state index contributed by atoms with van der Waals surface area (Å²) in [6, 6.07) is 14.9. The molecule has 0 spiro atoms. The lowest BCUT2D eigenvalue weighted by Crippen LogP contribution is -2.22. The molecule has 3 rings (SSSR count). The van der Waals surface area contributed by atoms with Crippen LogP contribution in [0.2, 0.25) is 5.02 Å². The monoisotopic (exact) mass is 386 g/mol. The van der Waals surface area contributed by atoms with E-state index >= 15 is 0 Å². The number of hydrogen-bond donors (Lipinski definition) is 1. The summed E-state index contributed by atoms with van der Waals surface area (Å²) in [6.45, 7) is 1.51. The Hall–Kier alpha value is -3.39. The minimum atomic E-state index is -0.560. The minimum Gasteiger partial charge on any atom is -0.482 e. The number of non-ortho nitro benzene ring substituents is 1. The van der Waals surface area contributed by atoms with Gasteiger partial charge in [0.25, 0.3) is 11.6 Å². The summed E-state index contributed by atoms with van der Waals surface area (Å²) in [5.74, 6) is 0.272. The van der Waals surface area contributed by atoms with Gasteiger partial charge in [-0.05, 0) is 25.1 Å². The van der Waals surface area contributed by atoms with Crippen molar-refractivity contribution in [3.8, 4) is 11.4 Å². The zero-order chi connectivity index (χ0) is 19.4. The summed E-state index contributed by atoms with van der Waals surface area (Å²) >= 11 is 5.95. The van der Waals surface area contributed by atoms with Crippen LogP contribution in [-0.2, 0) is 4.79 Å². The summed E-state index contributed by atoms with van der Waals surface area (Å²) in [7, 11) is 0. The summed E-state index contributed by atoms with van der Waals surface area (Å²) in [5, 5.41) is 17.9. The first kappa shape index (κ1) is 18.4. The van der Waals surface area contributed by atoms with Crippen LogP contribution in [-0.4, -0.2) is 27.2 Å². The van der Waals surface area contributed by atoms with Crippen LogP contribution in [0.5, 0.6) is 5.75 Å². The highest BCUT2D eigenvalue weighted by Gasteiger charge is 2.14. The molecule has 0 aliphatic heterocycles. The van der Waals surface area contributed by atoms with Gasteiger partial charge in [-0.3, -0.25) is 14.9 Å². The van der Waals surface area contributed by atoms with Crippen molar-refractivity contribution in [2.75, 3.05) is 11.9 Å². The fourth-order valence-electron chi connectivity index (χ4n) is 2.40. The third-order valence-electron chi connectivity index (χ3n) is 3.58. The van der Waals surface area contributed by atoms with Crippen molar-refractivity contribution in [1.29, 1.82) is 0 Å². The molecule has 0 bridgehead atoms. The molecule has 0 saturated carbocycles. The van der Waals surface area contributed by atoms with Gasteiger partial charge < -0.3 is 10.1 Å². The predicted octanol–water partition coefficient (Wildman–Crippen LogP) is 3.76. The molecule has 8 nitrogen and oxygen atoms in total. The highest BCUT2D eigenvalue weighted by Crippen LogP contribution is 2.28. The van der Waals surface area contributed by atoms with Crippen LogP contribution in [0, 0.1) is 17.0 Å². The molecule has 0 aliphatic rings. The largest absolute Gasteiger partial charge is 0.482 e. The van der Waals surface area contributed by atoms with E-state index in [-0.39, 0.29) is 23.1 Å². The number of para-hydroxylation sites is 1. The molecule has 3 aromatic rings. The lowest BCUT2D eigenvalue weighted by Gasteiger charge is -2.10. The van der Waals surface area contributed by atoms with Crippen LogP contribution < -0.4 is 10.1 Å². The molecule has 9 heteroatoms. The number of hydrogen-bond acceptors (Lipinski definition) is 5. The third-order valence-corrected chi connectivity index (χ3v) is 3.88. The number of rotatable bonds is 6. The maximum absolute atomic E-state index is 12.2. The highest BCUT2D eigenvalue weighted by atomic mass is 35.5. The van der Waals surface area contributed by atoms with Crippen LogP contribution in [0.1, 0.15) is 5.69 Å². The van der Waals surface area contributed by atoms with E-state index in [2.05, 4.69) is 10.4 Å². The zero-order valence-electron chi connectivity index (χ0n) is 14.3. The normalized spacial score (nSPS) is 10.4. The van der Waals surface area contributed by atoms with Gasteiger partial charge >= 0.3 is 0 Å². The van der Waals surface area contributed by atoms with Gasteiger partial charge in [-0.25, -0.2) is 4.68 Å². The zero-order valence-corrected chi connectivity index (χ0v) is 15.0. The van der Waals surface area contributed by atoms with Crippen LogP contribution in [0.3, 0.4) is 0 Å². The molecule has 27 heavy (non-hydrogen) atoms. The number of halogens is 1. The maximum atomic E-state index is 12.2. The van der Waals surface area contributed by atoms with Crippen molar-refractivity contribution in [3.63, 3.8) is 0 Å². The Bertz CT molecular complexity index is 988. The topological polar surface area (TPSA) is 99.3 Å². The second kappa shape index (κ2) is 7.88. The number of carbonyl (C=O) groups excluding carboxylic acids is 1. The number of aryl methyl sites for hydroxylation is 1. The van der Waals surface area contributed by atoms with E-state index in [1.807, 2.05) is 37.3 Å². The number of aromatic nitrogens is 2. The number of benzene rings is 2. The fraction of sp³-hybridized carbons (Fsp3) is 0.111. The van der Waals surface area contributed by atoms with Gasteiger partial charge in [-0.2, -0.15) is 5.10 Å². The summed E-state index contributed by atoms with van der Waals surface area (Å²) in [6.07, 6.45) is 0. The molecule has 1 heterocycles. The Morgan fingerprint density at radius 2 is 2.00 bits per heavy atom. The molecule has 1 N–H and O–H groups in total. The van der Waals surface area contributed by atoms with Gasteiger partial charge in [0.15, 0.2) is 6.61 Å². The SMILES string of the molecule is Cc1cc(NC(=O)COc2ccc([N+](=O)[O-])cc2Cl)n(-c2ccccc2)n1. The molecular weight excluding hydrogens is 372 g/mol. The number of carbonyl (C=O) groups is 1. The van der Waals surface area contributed by atoms with E-state index in [4.69, 9.17) is 16.3 Å². The van der Waals surface area contributed by atoms with Crippen LogP contribution >= 0.6 is 11.6 Å². The third kappa shape index (κ3) is 4.42. The highest BCUT2D eigenvalue weighted by molar-refractivity contribution is 6.32. The van der Waals surface area contributed by atoms with E-state index in [0.717, 1.165) is 11.4 Å². The van der Waals surface area contributed by atoms with E-state index < -0.39 is 10.8 Å². The summed E-state index contributed by atoms with van der Waals surface area (Å²) in [5.41, 5.74) is 1.40. The summed E-state index contributed by atoms with van der Waals surface area (Å²) < 4.78 is 6.98. The second-order valence-electron chi connectivity index (χ2n) is 5.63. The van der Waals surface area contributed by atoms with E-state index in [0.29, 0.717) is 5.82 Å². The first-order chi connectivity index (χ1) is 12.9. The number of nitro groups is 1. The Kier molecular flexibility index (Phi) is 5.37. The number of nitrogens with zero attached hydrogens (tertiary/aromatic N) is 3. The standard InChI is InChI=1S/C18H15ClN4O4/c1-12-9-17(22(21-12)13-5-3-2-4-6-13)20-18(24)11-27-16-8-7-14(23(25)26)10-15(16)19/h2-10H,11H2,1H3,(H,20,24). The second-order valence-corrected chi connectivity index (χ2v) is 6.03. The maximum Gasteiger partial charge on any atom is 0.271 e. The Morgan fingerprint density at radius 3 is 2.67 bits per heavy atom. The average molecular weight is 387 g/mol. The molecule has 2 aromatic carbocycles. The Labute approximate surface area is 159 Å². The Morgan fingerprint density at radius 1 is 1.26 bits per heavy atom. The first-order valence-corrected chi connectivity index (χ1v) is 8.30. The molecule has 0 aliphatic carbocycles. The van der Waals surface area contributed by atoms with E-state index in [9.17, 15) is 14.9 Å². The number of nitrogens with one attached hydrogen (secondary N) is 1. The minimum absolute atomic E-state index is 0.0576. The average Bonchev–Trinajstić information content (AvgIpc) is 3.01. The molecule has 0 unspecified atom stereocenters. The Balaban J connectivity index is 1.68. The molecule has 0 saturated heterocycles. The van der Waals surface area contributed by atoms with Crippen molar-refractivity contribution in [2.45, 2.75) is 6.92 Å². The van der Waals surface area contributed by atoms with Crippen molar-refractivity contribution in [2.24, 2.45) is 0 Å². The van der Waals surface area contributed by atoms with Gasteiger partial charge in [-0.15, -0.1) is 0 Å². The smallest absolute Gasteiger partial charge is 0.271 e. The van der Waals surface area contributed by atoms with Crippen molar-refractivity contribution in [1.82, 2.24) is 9.78 Å². The first-order valence-electron chi connectivity index (χ1n) is 7.93. The quantitative estimate of drug-likeness (QED) is 0.513. The lowest BCUT2D eigenvalue weighted by atomic mass is 10.3. The number of amides is 1. The molecule has 1 aromatic heterocycles. The van der Waals surface area contributed by atoms with Crippen LogP contribution in [0.15, 0.2) is 54.6 Å². The van der Waals surface area contributed by atoms with Crippen molar-refractivity contribution >= 4 is 29.0 Å². The lowest BCUT2D eigenvalue weighted by molar-refractivity contribution is -0.384. The van der Waals surface area contributed by atoms with Gasteiger partial charge in [0.1, 0.15) is 11.6 Å². The van der Waals surface area contributed by atoms with E-state index in [1.165, 1.54) is 18.2 Å². The van der Waals surface area contributed by atoms with Gasteiger partial charge in [0.2, 0.25) is 0 Å². The molecule has 0 fully saturated rings. The number of nitro benzene ring substituents is 1. The van der Waals surface area contributed by atoms with Gasteiger partial charge in [0.05, 0.1) is 21.3 Å². The van der Waals surface area contributed by atoms with Crippen molar-refractivity contribution in [3.05, 3.63) is 75.4 Å². The number of anilines is 1. The van der Waals surface area contributed by atoms with E-state index in [1.54, 1.807) is 10.7 Å². The number of ether oxygens (including phenoxy) is 1. The molecular formula is C18H15ClN4O4. The van der Waals surface area contributed by atoms with Crippen LogP contribution in [0.4, 0.5) is 11.5 Å². The molecule has 0 radical (unpaired) electrons. The summed E-state index contributed by atoms with van der Waals surface area (Å²) in [4.78, 5) is 22.4. The van der Waals surface area contributed by atoms with Crippen LogP contribution in [0.25, 0.3) is 5.69 Å². The van der Waals surface area contributed by atoms with Gasteiger partial charge in [0, 0.05) is 18.2 Å². The predicted molar refractivity (Wildman–Crippen MR) is 101 cm³/mol. The molecule has 138 valence electrons. The van der Waals surface area contributed by atoms with Gasteiger partial charge in [-0.1, -0.05) is 29.8 Å². The molecule has 1 amide bonds.